The second kappa shape index (κ2) is 10.3. The van der Waals surface area contributed by atoms with Gasteiger partial charge in [0.25, 0.3) is 0 Å². The van der Waals surface area contributed by atoms with Gasteiger partial charge in [0, 0.05) is 5.92 Å². The van der Waals surface area contributed by atoms with Crippen molar-refractivity contribution in [2.45, 2.75) is 12.8 Å². The molecule has 1 aliphatic heterocycles. The van der Waals surface area contributed by atoms with Crippen molar-refractivity contribution in [2.75, 3.05) is 49.3 Å². The molecular formula is C24H30O8. The first-order chi connectivity index (χ1) is 15.5. The van der Waals surface area contributed by atoms with Crippen molar-refractivity contribution in [3.8, 4) is 34.5 Å². The van der Waals surface area contributed by atoms with Crippen LogP contribution in [0.1, 0.15) is 11.1 Å². The van der Waals surface area contributed by atoms with Crippen LogP contribution < -0.4 is 28.4 Å². The summed E-state index contributed by atoms with van der Waals surface area (Å²) in [4.78, 5) is 12.6. The predicted molar refractivity (Wildman–Crippen MR) is 118 cm³/mol. The van der Waals surface area contributed by atoms with Crippen LogP contribution in [0.2, 0.25) is 0 Å². The van der Waals surface area contributed by atoms with Crippen molar-refractivity contribution in [2.24, 2.45) is 11.8 Å². The Balaban J connectivity index is 1.87. The molecule has 0 aliphatic carbocycles. The number of carbonyl (C=O) groups excluding carboxylic acids is 1. The van der Waals surface area contributed by atoms with Gasteiger partial charge in [-0.2, -0.15) is 0 Å². The zero-order valence-corrected chi connectivity index (χ0v) is 19.4. The number of hydrogen-bond acceptors (Lipinski definition) is 8. The second-order valence-electron chi connectivity index (χ2n) is 7.47. The van der Waals surface area contributed by atoms with Crippen molar-refractivity contribution in [3.63, 3.8) is 0 Å². The van der Waals surface area contributed by atoms with Gasteiger partial charge < -0.3 is 33.2 Å². The van der Waals surface area contributed by atoms with Gasteiger partial charge >= 0.3 is 5.97 Å². The van der Waals surface area contributed by atoms with E-state index in [-0.39, 0.29) is 17.8 Å². The molecule has 0 aromatic heterocycles. The van der Waals surface area contributed by atoms with E-state index >= 15 is 0 Å². The Morgan fingerprint density at radius 1 is 0.688 bits per heavy atom. The molecule has 32 heavy (non-hydrogen) atoms. The summed E-state index contributed by atoms with van der Waals surface area (Å²) >= 11 is 0. The highest BCUT2D eigenvalue weighted by Crippen LogP contribution is 2.41. The van der Waals surface area contributed by atoms with Gasteiger partial charge in [0.05, 0.1) is 55.2 Å². The molecule has 174 valence electrons. The minimum Gasteiger partial charge on any atom is -0.493 e. The Bertz CT molecular complexity index is 905. The summed E-state index contributed by atoms with van der Waals surface area (Å²) in [5, 5.41) is 0. The number of cyclic esters (lactones) is 1. The van der Waals surface area contributed by atoms with Gasteiger partial charge in [0.15, 0.2) is 23.0 Å². The van der Waals surface area contributed by atoms with E-state index in [9.17, 15) is 4.79 Å². The molecule has 0 bridgehead atoms. The lowest BCUT2D eigenvalue weighted by molar-refractivity contribution is -0.141. The zero-order chi connectivity index (χ0) is 23.3. The zero-order valence-electron chi connectivity index (χ0n) is 19.4. The average Bonchev–Trinajstić information content (AvgIpc) is 3.16. The minimum absolute atomic E-state index is 0.00982. The van der Waals surface area contributed by atoms with Gasteiger partial charge in [-0.1, -0.05) is 0 Å². The Morgan fingerprint density at radius 2 is 1.09 bits per heavy atom. The maximum absolute atomic E-state index is 12.6. The van der Waals surface area contributed by atoms with Crippen LogP contribution in [0.15, 0.2) is 24.3 Å². The van der Waals surface area contributed by atoms with Crippen LogP contribution in [0.4, 0.5) is 0 Å². The summed E-state index contributed by atoms with van der Waals surface area (Å²) < 4.78 is 38.0. The molecule has 0 N–H and O–H groups in total. The molecule has 2 aromatic carbocycles. The second-order valence-corrected chi connectivity index (χ2v) is 7.47. The SMILES string of the molecule is COc1cc(C[C@H]2COC(=O)[C@@H]2Cc2cc(OC)c(OC)c(OC)c2)cc(OC)c1OC. The van der Waals surface area contributed by atoms with E-state index < -0.39 is 0 Å². The fourth-order valence-corrected chi connectivity index (χ4v) is 4.12. The van der Waals surface area contributed by atoms with Crippen LogP contribution in [0.5, 0.6) is 34.5 Å². The minimum atomic E-state index is -0.308. The highest BCUT2D eigenvalue weighted by Gasteiger charge is 2.37. The van der Waals surface area contributed by atoms with Crippen molar-refractivity contribution in [1.29, 1.82) is 0 Å². The monoisotopic (exact) mass is 446 g/mol. The van der Waals surface area contributed by atoms with E-state index in [1.165, 1.54) is 0 Å². The lowest BCUT2D eigenvalue weighted by Gasteiger charge is -2.19. The Labute approximate surface area is 188 Å². The molecule has 8 heteroatoms. The van der Waals surface area contributed by atoms with Crippen molar-refractivity contribution in [1.82, 2.24) is 0 Å². The van der Waals surface area contributed by atoms with Crippen LogP contribution in [-0.4, -0.2) is 55.2 Å². The van der Waals surface area contributed by atoms with Crippen molar-refractivity contribution >= 4 is 5.97 Å². The molecule has 1 aliphatic rings. The highest BCUT2D eigenvalue weighted by atomic mass is 16.5. The van der Waals surface area contributed by atoms with Crippen LogP contribution >= 0.6 is 0 Å². The molecule has 3 rings (SSSR count). The van der Waals surface area contributed by atoms with E-state index in [2.05, 4.69) is 0 Å². The van der Waals surface area contributed by atoms with E-state index in [1.807, 2.05) is 24.3 Å². The predicted octanol–water partition coefficient (Wildman–Crippen LogP) is 3.31. The number of esters is 1. The molecule has 0 unspecified atom stereocenters. The lowest BCUT2D eigenvalue weighted by atomic mass is 9.84. The molecule has 2 atom stereocenters. The normalized spacial score (nSPS) is 17.5. The van der Waals surface area contributed by atoms with Crippen LogP contribution in [0.3, 0.4) is 0 Å². The molecule has 1 saturated heterocycles. The first-order valence-corrected chi connectivity index (χ1v) is 10.2. The molecule has 2 aromatic rings. The first kappa shape index (κ1) is 23.4. The third-order valence-corrected chi connectivity index (χ3v) is 5.71. The number of ether oxygens (including phenoxy) is 7. The number of benzene rings is 2. The first-order valence-electron chi connectivity index (χ1n) is 10.2. The molecule has 0 spiro atoms. The smallest absolute Gasteiger partial charge is 0.309 e. The van der Waals surface area contributed by atoms with Gasteiger partial charge in [-0.25, -0.2) is 0 Å². The van der Waals surface area contributed by atoms with E-state index in [4.69, 9.17) is 33.2 Å². The molecule has 0 saturated carbocycles. The molecule has 1 fully saturated rings. The molecule has 8 nitrogen and oxygen atoms in total. The number of methoxy groups -OCH3 is 6. The van der Waals surface area contributed by atoms with Gasteiger partial charge in [0.1, 0.15) is 0 Å². The summed E-state index contributed by atoms with van der Waals surface area (Å²) in [6.07, 6.45) is 1.11. The Hall–Kier alpha value is -3.29. The highest BCUT2D eigenvalue weighted by molar-refractivity contribution is 5.75. The fourth-order valence-electron chi connectivity index (χ4n) is 4.12. The maximum Gasteiger partial charge on any atom is 0.309 e. The maximum atomic E-state index is 12.6. The Kier molecular flexibility index (Phi) is 7.56. The summed E-state index contributed by atoms with van der Waals surface area (Å²) in [6, 6.07) is 7.54. The van der Waals surface area contributed by atoms with Crippen molar-refractivity contribution < 1.29 is 38.0 Å². The largest absolute Gasteiger partial charge is 0.493 e. The topological polar surface area (TPSA) is 81.7 Å². The summed E-state index contributed by atoms with van der Waals surface area (Å²) in [5.74, 6) is 2.77. The molecule has 0 amide bonds. The van der Waals surface area contributed by atoms with Crippen LogP contribution in [0, 0.1) is 11.8 Å². The van der Waals surface area contributed by atoms with Gasteiger partial charge in [-0.05, 0) is 48.2 Å². The van der Waals surface area contributed by atoms with Gasteiger partial charge in [-0.15, -0.1) is 0 Å². The summed E-state index contributed by atoms with van der Waals surface area (Å²) in [5.41, 5.74) is 1.87. The number of rotatable bonds is 10. The van der Waals surface area contributed by atoms with Crippen LogP contribution in [-0.2, 0) is 22.4 Å². The average molecular weight is 446 g/mol. The lowest BCUT2D eigenvalue weighted by Crippen LogP contribution is -2.21. The third kappa shape index (κ3) is 4.64. The standard InChI is InChI=1S/C24H30O8/c1-26-18-9-14(10-19(27-2)22(18)30-5)7-16-13-32-24(25)17(16)8-15-11-20(28-3)23(31-6)21(12-15)29-4/h9-12,16-17H,7-8,13H2,1-6H3/t16-,17+/m0/s1. The molecule has 0 radical (unpaired) electrons. The Morgan fingerprint density at radius 3 is 1.47 bits per heavy atom. The quantitative estimate of drug-likeness (QED) is 0.514. The van der Waals surface area contributed by atoms with Gasteiger partial charge in [-0.3, -0.25) is 4.79 Å². The fraction of sp³-hybridized carbons (Fsp3) is 0.458. The molecule has 1 heterocycles. The number of hydrogen-bond donors (Lipinski definition) is 0. The van der Waals surface area contributed by atoms with E-state index in [1.54, 1.807) is 42.7 Å². The van der Waals surface area contributed by atoms with E-state index in [0.29, 0.717) is 53.9 Å². The number of carbonyl (C=O) groups is 1. The summed E-state index contributed by atoms with van der Waals surface area (Å²) in [7, 11) is 9.42. The summed E-state index contributed by atoms with van der Waals surface area (Å²) in [6.45, 7) is 0.352. The molecular weight excluding hydrogens is 416 g/mol. The van der Waals surface area contributed by atoms with E-state index in [0.717, 1.165) is 11.1 Å². The third-order valence-electron chi connectivity index (χ3n) is 5.71. The van der Waals surface area contributed by atoms with Gasteiger partial charge in [0.2, 0.25) is 11.5 Å². The van der Waals surface area contributed by atoms with Crippen LogP contribution in [0.25, 0.3) is 0 Å². The van der Waals surface area contributed by atoms with Crippen molar-refractivity contribution in [3.05, 3.63) is 35.4 Å².